The van der Waals surface area contributed by atoms with Crippen molar-refractivity contribution in [3.8, 4) is 5.75 Å². The van der Waals surface area contributed by atoms with Crippen LogP contribution in [0.15, 0.2) is 30.4 Å². The Bertz CT molecular complexity index is 726. The lowest BCUT2D eigenvalue weighted by atomic mass is 9.94. The molecule has 1 aromatic carbocycles. The third-order valence-electron chi connectivity index (χ3n) is 4.59. The lowest BCUT2D eigenvalue weighted by molar-refractivity contribution is -0.301. The Morgan fingerprint density at radius 2 is 1.79 bits per heavy atom. The molecule has 1 saturated heterocycles. The molecule has 1 unspecified atom stereocenters. The van der Waals surface area contributed by atoms with Crippen LogP contribution in [0.3, 0.4) is 0 Å². The number of hydrogen-bond acceptors (Lipinski definition) is 7. The van der Waals surface area contributed by atoms with Crippen LogP contribution in [0.4, 0.5) is 0 Å². The van der Waals surface area contributed by atoms with Crippen molar-refractivity contribution in [1.82, 2.24) is 4.90 Å². The summed E-state index contributed by atoms with van der Waals surface area (Å²) in [6, 6.07) is 5.32. The molecule has 1 fully saturated rings. The lowest BCUT2D eigenvalue weighted by Gasteiger charge is -2.29. The van der Waals surface area contributed by atoms with Gasteiger partial charge < -0.3 is 29.4 Å². The largest absolute Gasteiger partial charge is 0.545 e. The molecule has 0 radical (unpaired) electrons. The van der Waals surface area contributed by atoms with Crippen molar-refractivity contribution in [3.63, 3.8) is 0 Å². The molecule has 2 aliphatic rings. The van der Waals surface area contributed by atoms with E-state index in [-0.39, 0.29) is 11.7 Å². The second-order valence-corrected chi connectivity index (χ2v) is 7.11. The minimum Gasteiger partial charge on any atom is -0.545 e. The van der Waals surface area contributed by atoms with Crippen molar-refractivity contribution >= 4 is 29.3 Å². The molecular weight excluding hydrogens is 386 g/mol. The van der Waals surface area contributed by atoms with E-state index in [9.17, 15) is 24.6 Å². The molecule has 1 aromatic rings. The summed E-state index contributed by atoms with van der Waals surface area (Å²) in [5, 5.41) is 19.4. The number of ether oxygens (including phenoxy) is 1. The molecular formula is C20H22ClNO6-2. The van der Waals surface area contributed by atoms with Gasteiger partial charge in [-0.3, -0.25) is 4.79 Å². The zero-order valence-electron chi connectivity index (χ0n) is 15.4. The van der Waals surface area contributed by atoms with E-state index in [1.807, 2.05) is 0 Å². The number of piperidine rings is 1. The van der Waals surface area contributed by atoms with Gasteiger partial charge in [0.05, 0.1) is 24.1 Å². The highest BCUT2D eigenvalue weighted by atomic mass is 35.5. The monoisotopic (exact) mass is 407 g/mol. The number of nitrogens with zero attached hydrogens (tertiary/aromatic N) is 1. The second kappa shape index (κ2) is 10.8. The number of carboxylic acid groups (broad SMARTS) is 2. The van der Waals surface area contributed by atoms with Gasteiger partial charge in [-0.05, 0) is 62.7 Å². The molecule has 0 spiro atoms. The highest BCUT2D eigenvalue weighted by Crippen LogP contribution is 2.30. The van der Waals surface area contributed by atoms with E-state index in [0.717, 1.165) is 26.1 Å². The first-order valence-electron chi connectivity index (χ1n) is 9.15. The van der Waals surface area contributed by atoms with Gasteiger partial charge >= 0.3 is 0 Å². The SMILES string of the molecule is O=C([O-])/C=C\C(=O)[O-].O=C1c2ccc(Cl)cc2OCCC1CN1CCCCC1. The number of fused-ring (bicyclic) bond motifs is 1. The number of carbonyl (C=O) groups excluding carboxylic acids is 3. The fraction of sp³-hybridized carbons (Fsp3) is 0.450. The van der Waals surface area contributed by atoms with E-state index in [2.05, 4.69) is 4.90 Å². The van der Waals surface area contributed by atoms with Crippen molar-refractivity contribution < 1.29 is 29.3 Å². The topological polar surface area (TPSA) is 110 Å². The Morgan fingerprint density at radius 1 is 1.14 bits per heavy atom. The minimum absolute atomic E-state index is 0.0514. The molecule has 3 rings (SSSR count). The Balaban J connectivity index is 0.000000300. The van der Waals surface area contributed by atoms with E-state index in [1.54, 1.807) is 18.2 Å². The first-order valence-corrected chi connectivity index (χ1v) is 9.53. The standard InChI is InChI=1S/C16H20ClNO2.C4H4O4/c17-13-4-5-14-15(10-13)20-9-6-12(16(14)19)11-18-7-2-1-3-8-18;5-3(6)1-2-4(7)8/h4-5,10,12H,1-3,6-9,11H2;1-2H,(H,5,6)(H,7,8)/p-2/b;2-1-. The Kier molecular flexibility index (Phi) is 8.47. The summed E-state index contributed by atoms with van der Waals surface area (Å²) in [5.74, 6) is -2.19. The van der Waals surface area contributed by atoms with Gasteiger partial charge in [0.25, 0.3) is 0 Å². The Labute approximate surface area is 168 Å². The zero-order valence-corrected chi connectivity index (χ0v) is 16.2. The van der Waals surface area contributed by atoms with Crippen LogP contribution in [0.5, 0.6) is 5.75 Å². The van der Waals surface area contributed by atoms with Gasteiger partial charge in [-0.2, -0.15) is 0 Å². The molecule has 2 aliphatic heterocycles. The molecule has 28 heavy (non-hydrogen) atoms. The summed E-state index contributed by atoms with van der Waals surface area (Å²) in [6.45, 7) is 3.71. The van der Waals surface area contributed by atoms with Crippen LogP contribution in [0, 0.1) is 5.92 Å². The van der Waals surface area contributed by atoms with Crippen LogP contribution >= 0.6 is 11.6 Å². The van der Waals surface area contributed by atoms with E-state index < -0.39 is 11.9 Å². The minimum atomic E-state index is -1.55. The molecule has 2 heterocycles. The molecule has 8 heteroatoms. The molecule has 0 amide bonds. The van der Waals surface area contributed by atoms with Crippen LogP contribution in [0.2, 0.25) is 5.02 Å². The van der Waals surface area contributed by atoms with Crippen molar-refractivity contribution in [3.05, 3.63) is 40.9 Å². The molecule has 7 nitrogen and oxygen atoms in total. The maximum absolute atomic E-state index is 12.7. The normalized spacial score (nSPS) is 19.8. The smallest absolute Gasteiger partial charge is 0.171 e. The van der Waals surface area contributed by atoms with E-state index in [0.29, 0.717) is 35.1 Å². The number of benzene rings is 1. The van der Waals surface area contributed by atoms with Gasteiger partial charge in [0.15, 0.2) is 5.78 Å². The molecule has 0 saturated carbocycles. The molecule has 1 atom stereocenters. The van der Waals surface area contributed by atoms with E-state index in [1.165, 1.54) is 19.3 Å². The summed E-state index contributed by atoms with van der Waals surface area (Å²) >= 11 is 5.97. The van der Waals surface area contributed by atoms with Gasteiger partial charge in [0, 0.05) is 17.5 Å². The summed E-state index contributed by atoms with van der Waals surface area (Å²) in [7, 11) is 0. The number of likely N-dealkylation sites (tertiary alicyclic amines) is 1. The number of halogens is 1. The van der Waals surface area contributed by atoms with Crippen LogP contribution < -0.4 is 14.9 Å². The predicted octanol–water partition coefficient (Wildman–Crippen LogP) is 0.450. The quantitative estimate of drug-likeness (QED) is 0.666. The fourth-order valence-corrected chi connectivity index (χ4v) is 3.41. The average molecular weight is 408 g/mol. The van der Waals surface area contributed by atoms with E-state index in [4.69, 9.17) is 16.3 Å². The summed E-state index contributed by atoms with van der Waals surface area (Å²) in [5.41, 5.74) is 0.689. The molecule has 0 bridgehead atoms. The molecule has 0 N–H and O–H groups in total. The van der Waals surface area contributed by atoms with E-state index >= 15 is 0 Å². The van der Waals surface area contributed by atoms with Gasteiger partial charge in [-0.1, -0.05) is 18.0 Å². The Hall–Kier alpha value is -2.38. The maximum atomic E-state index is 12.7. The number of ketones is 1. The van der Waals surface area contributed by atoms with Crippen LogP contribution in [0.25, 0.3) is 0 Å². The molecule has 0 aromatic heterocycles. The Morgan fingerprint density at radius 3 is 2.39 bits per heavy atom. The van der Waals surface area contributed by atoms with Gasteiger partial charge in [-0.25, -0.2) is 0 Å². The molecule has 0 aliphatic carbocycles. The average Bonchev–Trinajstić information content (AvgIpc) is 2.80. The third kappa shape index (κ3) is 6.98. The highest BCUT2D eigenvalue weighted by molar-refractivity contribution is 6.30. The number of carboxylic acids is 2. The number of carbonyl (C=O) groups is 3. The number of Topliss-reactive ketones (excluding diaryl/α,β-unsaturated/α-hetero) is 1. The first-order chi connectivity index (χ1) is 13.4. The first kappa shape index (κ1) is 21.9. The number of aliphatic carboxylic acids is 2. The predicted molar refractivity (Wildman–Crippen MR) is 98.8 cm³/mol. The highest BCUT2D eigenvalue weighted by Gasteiger charge is 2.28. The van der Waals surface area contributed by atoms with Gasteiger partial charge in [0.1, 0.15) is 5.75 Å². The number of hydrogen-bond donors (Lipinski definition) is 0. The fourth-order valence-electron chi connectivity index (χ4n) is 3.25. The van der Waals surface area contributed by atoms with Crippen LogP contribution in [-0.4, -0.2) is 48.9 Å². The summed E-state index contributed by atoms with van der Waals surface area (Å²) in [4.78, 5) is 33.9. The second-order valence-electron chi connectivity index (χ2n) is 6.67. The van der Waals surface area contributed by atoms with Gasteiger partial charge in [-0.15, -0.1) is 0 Å². The third-order valence-corrected chi connectivity index (χ3v) is 4.82. The van der Waals surface area contributed by atoms with Crippen molar-refractivity contribution in [1.29, 1.82) is 0 Å². The van der Waals surface area contributed by atoms with Crippen molar-refractivity contribution in [2.45, 2.75) is 25.7 Å². The summed E-state index contributed by atoms with van der Waals surface area (Å²) in [6.07, 6.45) is 5.39. The molecule has 152 valence electrons. The van der Waals surface area contributed by atoms with Gasteiger partial charge in [0.2, 0.25) is 0 Å². The lowest BCUT2D eigenvalue weighted by Crippen LogP contribution is -2.36. The maximum Gasteiger partial charge on any atom is 0.171 e. The van der Waals surface area contributed by atoms with Crippen LogP contribution in [-0.2, 0) is 9.59 Å². The summed E-state index contributed by atoms with van der Waals surface area (Å²) < 4.78 is 5.70. The van der Waals surface area contributed by atoms with Crippen LogP contribution in [0.1, 0.15) is 36.0 Å². The number of rotatable bonds is 4. The van der Waals surface area contributed by atoms with Crippen molar-refractivity contribution in [2.24, 2.45) is 5.92 Å². The zero-order chi connectivity index (χ0) is 20.5. The van der Waals surface area contributed by atoms with Crippen molar-refractivity contribution in [2.75, 3.05) is 26.2 Å².